The van der Waals surface area contributed by atoms with E-state index in [0.29, 0.717) is 13.0 Å². The van der Waals surface area contributed by atoms with E-state index in [4.69, 9.17) is 4.74 Å². The summed E-state index contributed by atoms with van der Waals surface area (Å²) in [4.78, 5) is 16.1. The van der Waals surface area contributed by atoms with Gasteiger partial charge in [0.15, 0.2) is 0 Å². The van der Waals surface area contributed by atoms with Crippen LogP contribution in [0.2, 0.25) is 0 Å². The molecule has 110 valence electrons. The van der Waals surface area contributed by atoms with Crippen LogP contribution in [0.25, 0.3) is 0 Å². The minimum Gasteiger partial charge on any atom is -0.495 e. The lowest BCUT2D eigenvalue weighted by Gasteiger charge is -2.37. The molecular formula is C16H24N2O2. The summed E-state index contributed by atoms with van der Waals surface area (Å²) in [6, 6.07) is 4.00. The average Bonchev–Trinajstić information content (AvgIpc) is 2.53. The summed E-state index contributed by atoms with van der Waals surface area (Å²) in [7, 11) is 1.65. The molecule has 0 spiro atoms. The summed E-state index contributed by atoms with van der Waals surface area (Å²) >= 11 is 0. The van der Waals surface area contributed by atoms with E-state index in [0.717, 1.165) is 24.3 Å². The van der Waals surface area contributed by atoms with Gasteiger partial charge in [-0.1, -0.05) is 26.2 Å². The zero-order valence-electron chi connectivity index (χ0n) is 12.4. The highest BCUT2D eigenvalue weighted by Crippen LogP contribution is 2.38. The second kappa shape index (κ2) is 6.73. The number of methoxy groups -OCH3 is 1. The summed E-state index contributed by atoms with van der Waals surface area (Å²) < 4.78 is 5.17. The molecule has 0 unspecified atom stereocenters. The zero-order valence-corrected chi connectivity index (χ0v) is 12.4. The molecule has 1 aromatic rings. The van der Waals surface area contributed by atoms with Gasteiger partial charge < -0.3 is 10.1 Å². The minimum absolute atomic E-state index is 0.00461. The van der Waals surface area contributed by atoms with Crippen molar-refractivity contribution in [3.05, 3.63) is 24.0 Å². The standard InChI is InChI=1S/C16H24N2O2/c1-3-15(19)18-12-16(9-5-4-6-10-16)14-8-7-13(20-2)11-17-14/h7-8,11H,3-6,9-10,12H2,1-2H3,(H,18,19). The Kier molecular flexibility index (Phi) is 4.99. The van der Waals surface area contributed by atoms with Gasteiger partial charge in [-0.3, -0.25) is 9.78 Å². The Morgan fingerprint density at radius 1 is 1.35 bits per heavy atom. The van der Waals surface area contributed by atoms with Crippen LogP contribution in [0.4, 0.5) is 0 Å². The van der Waals surface area contributed by atoms with Crippen molar-refractivity contribution in [2.75, 3.05) is 13.7 Å². The molecule has 1 fully saturated rings. The van der Waals surface area contributed by atoms with E-state index in [9.17, 15) is 4.79 Å². The Hall–Kier alpha value is -1.58. The van der Waals surface area contributed by atoms with E-state index in [2.05, 4.69) is 10.3 Å². The summed E-state index contributed by atoms with van der Waals surface area (Å²) in [5.74, 6) is 0.890. The molecule has 4 heteroatoms. The molecule has 0 aliphatic heterocycles. The lowest BCUT2D eigenvalue weighted by molar-refractivity contribution is -0.121. The van der Waals surface area contributed by atoms with E-state index in [1.807, 2.05) is 19.1 Å². The molecule has 20 heavy (non-hydrogen) atoms. The third kappa shape index (κ3) is 3.30. The Bertz CT molecular complexity index is 436. The lowest BCUT2D eigenvalue weighted by Crippen LogP contribution is -2.42. The van der Waals surface area contributed by atoms with Crippen molar-refractivity contribution in [1.29, 1.82) is 0 Å². The number of carbonyl (C=O) groups excluding carboxylic acids is 1. The van der Waals surface area contributed by atoms with Crippen LogP contribution in [0.15, 0.2) is 18.3 Å². The molecule has 0 aromatic carbocycles. The highest BCUT2D eigenvalue weighted by Gasteiger charge is 2.35. The van der Waals surface area contributed by atoms with Gasteiger partial charge in [0, 0.05) is 24.1 Å². The van der Waals surface area contributed by atoms with E-state index < -0.39 is 0 Å². The number of ether oxygens (including phenoxy) is 1. The Labute approximate surface area is 120 Å². The SMILES string of the molecule is CCC(=O)NCC1(c2ccc(OC)cn2)CCCCC1. The quantitative estimate of drug-likeness (QED) is 0.899. The van der Waals surface area contributed by atoms with Crippen molar-refractivity contribution >= 4 is 5.91 Å². The zero-order chi connectivity index (χ0) is 14.4. The van der Waals surface area contributed by atoms with Gasteiger partial charge in [-0.15, -0.1) is 0 Å². The number of carbonyl (C=O) groups is 1. The molecule has 1 heterocycles. The maximum Gasteiger partial charge on any atom is 0.219 e. The maximum absolute atomic E-state index is 11.6. The fourth-order valence-electron chi connectivity index (χ4n) is 2.96. The monoisotopic (exact) mass is 276 g/mol. The third-order valence-electron chi connectivity index (χ3n) is 4.27. The predicted octanol–water partition coefficient (Wildman–Crippen LogP) is 2.82. The average molecular weight is 276 g/mol. The number of hydrogen-bond donors (Lipinski definition) is 1. The molecule has 1 N–H and O–H groups in total. The van der Waals surface area contributed by atoms with Crippen molar-refractivity contribution in [1.82, 2.24) is 10.3 Å². The predicted molar refractivity (Wildman–Crippen MR) is 78.9 cm³/mol. The van der Waals surface area contributed by atoms with E-state index >= 15 is 0 Å². The summed E-state index contributed by atoms with van der Waals surface area (Å²) in [5.41, 5.74) is 1.07. The molecule has 0 bridgehead atoms. The van der Waals surface area contributed by atoms with Crippen LogP contribution in [0.1, 0.15) is 51.1 Å². The summed E-state index contributed by atoms with van der Waals surface area (Å²) in [5, 5.41) is 3.06. The van der Waals surface area contributed by atoms with Crippen molar-refractivity contribution in [2.45, 2.75) is 50.9 Å². The molecule has 1 aliphatic rings. The topological polar surface area (TPSA) is 51.2 Å². The third-order valence-corrected chi connectivity index (χ3v) is 4.27. The molecular weight excluding hydrogens is 252 g/mol. The van der Waals surface area contributed by atoms with Crippen molar-refractivity contribution < 1.29 is 9.53 Å². The molecule has 0 atom stereocenters. The maximum atomic E-state index is 11.6. The van der Waals surface area contributed by atoms with Gasteiger partial charge in [0.2, 0.25) is 5.91 Å². The van der Waals surface area contributed by atoms with Crippen LogP contribution in [-0.2, 0) is 10.2 Å². The van der Waals surface area contributed by atoms with Gasteiger partial charge in [0.1, 0.15) is 5.75 Å². The number of aromatic nitrogens is 1. The molecule has 1 saturated carbocycles. The molecule has 0 radical (unpaired) electrons. The number of pyridine rings is 1. The molecule has 2 rings (SSSR count). The minimum atomic E-state index is -0.00461. The molecule has 0 saturated heterocycles. The second-order valence-corrected chi connectivity index (χ2v) is 5.55. The smallest absolute Gasteiger partial charge is 0.219 e. The Balaban J connectivity index is 2.18. The van der Waals surface area contributed by atoms with Crippen LogP contribution in [-0.4, -0.2) is 24.5 Å². The second-order valence-electron chi connectivity index (χ2n) is 5.55. The largest absolute Gasteiger partial charge is 0.495 e. The molecule has 1 amide bonds. The first-order valence-electron chi connectivity index (χ1n) is 7.47. The van der Waals surface area contributed by atoms with Crippen molar-refractivity contribution in [3.8, 4) is 5.75 Å². The molecule has 1 aromatic heterocycles. The van der Waals surface area contributed by atoms with Gasteiger partial charge in [-0.2, -0.15) is 0 Å². The summed E-state index contributed by atoms with van der Waals surface area (Å²) in [6.45, 7) is 2.58. The van der Waals surface area contributed by atoms with E-state index in [-0.39, 0.29) is 11.3 Å². The molecule has 4 nitrogen and oxygen atoms in total. The number of hydrogen-bond acceptors (Lipinski definition) is 3. The normalized spacial score (nSPS) is 17.5. The van der Waals surface area contributed by atoms with Crippen LogP contribution in [0.5, 0.6) is 5.75 Å². The van der Waals surface area contributed by atoms with Crippen LogP contribution < -0.4 is 10.1 Å². The van der Waals surface area contributed by atoms with E-state index in [1.165, 1.54) is 19.3 Å². The Morgan fingerprint density at radius 3 is 2.65 bits per heavy atom. The van der Waals surface area contributed by atoms with Gasteiger partial charge >= 0.3 is 0 Å². The number of nitrogens with one attached hydrogen (secondary N) is 1. The van der Waals surface area contributed by atoms with Crippen LogP contribution >= 0.6 is 0 Å². The van der Waals surface area contributed by atoms with Gasteiger partial charge in [-0.05, 0) is 25.0 Å². The van der Waals surface area contributed by atoms with E-state index in [1.54, 1.807) is 13.3 Å². The van der Waals surface area contributed by atoms with Crippen LogP contribution in [0, 0.1) is 0 Å². The Morgan fingerprint density at radius 2 is 2.10 bits per heavy atom. The number of amides is 1. The van der Waals surface area contributed by atoms with Gasteiger partial charge in [0.25, 0.3) is 0 Å². The first kappa shape index (κ1) is 14.8. The highest BCUT2D eigenvalue weighted by atomic mass is 16.5. The van der Waals surface area contributed by atoms with Gasteiger partial charge in [-0.25, -0.2) is 0 Å². The van der Waals surface area contributed by atoms with Crippen LogP contribution in [0.3, 0.4) is 0 Å². The lowest BCUT2D eigenvalue weighted by atomic mass is 9.71. The van der Waals surface area contributed by atoms with Gasteiger partial charge in [0.05, 0.1) is 13.3 Å². The first-order chi connectivity index (χ1) is 9.70. The van der Waals surface area contributed by atoms with Crippen molar-refractivity contribution in [3.63, 3.8) is 0 Å². The number of nitrogens with zero attached hydrogens (tertiary/aromatic N) is 1. The van der Waals surface area contributed by atoms with Crippen molar-refractivity contribution in [2.24, 2.45) is 0 Å². The fourth-order valence-corrected chi connectivity index (χ4v) is 2.96. The highest BCUT2D eigenvalue weighted by molar-refractivity contribution is 5.75. The number of rotatable bonds is 5. The fraction of sp³-hybridized carbons (Fsp3) is 0.625. The first-order valence-corrected chi connectivity index (χ1v) is 7.47. The summed E-state index contributed by atoms with van der Waals surface area (Å²) in [6.07, 6.45) is 8.18. The molecule has 1 aliphatic carbocycles.